The Morgan fingerprint density at radius 3 is 2.69 bits per heavy atom. The van der Waals surface area contributed by atoms with E-state index in [0.717, 1.165) is 11.3 Å². The molecular weight excluding hydrogens is 160 g/mol. The Morgan fingerprint density at radius 2 is 2.15 bits per heavy atom. The molecule has 0 fully saturated rings. The Balaban J connectivity index is 0.000000671. The minimum absolute atomic E-state index is 0.914. The van der Waals surface area contributed by atoms with E-state index >= 15 is 0 Å². The van der Waals surface area contributed by atoms with Crippen molar-refractivity contribution in [3.63, 3.8) is 0 Å². The van der Waals surface area contributed by atoms with Gasteiger partial charge in [-0.25, -0.2) is 0 Å². The molecule has 0 saturated heterocycles. The van der Waals surface area contributed by atoms with E-state index in [9.17, 15) is 0 Å². The van der Waals surface area contributed by atoms with Crippen molar-refractivity contribution >= 4 is 11.9 Å². The van der Waals surface area contributed by atoms with Crippen LogP contribution in [0, 0.1) is 0 Å². The molecule has 0 bridgehead atoms. The van der Waals surface area contributed by atoms with E-state index in [1.807, 2.05) is 32.9 Å². The smallest absolute Gasteiger partial charge is 0.0729 e. The maximum absolute atomic E-state index is 4.07. The van der Waals surface area contributed by atoms with E-state index in [0.29, 0.717) is 0 Å². The molecule has 1 aliphatic heterocycles. The Morgan fingerprint density at radius 1 is 1.46 bits per heavy atom. The van der Waals surface area contributed by atoms with Crippen molar-refractivity contribution in [2.75, 3.05) is 0 Å². The number of hydrogen-bond donors (Lipinski definition) is 0. The zero-order valence-electron chi connectivity index (χ0n) is 8.49. The van der Waals surface area contributed by atoms with Crippen molar-refractivity contribution < 1.29 is 0 Å². The summed E-state index contributed by atoms with van der Waals surface area (Å²) in [6, 6.07) is 0. The molecule has 0 atom stereocenters. The number of allylic oxidation sites excluding steroid dienone is 3. The van der Waals surface area contributed by atoms with Crippen molar-refractivity contribution in [3.8, 4) is 0 Å². The van der Waals surface area contributed by atoms with Crippen molar-refractivity contribution in [3.05, 3.63) is 36.7 Å². The predicted octanol–water partition coefficient (Wildman–Crippen LogP) is 3.14. The molecule has 0 aliphatic carbocycles. The highest BCUT2D eigenvalue weighted by Gasteiger charge is 2.00. The average molecular weight is 176 g/mol. The van der Waals surface area contributed by atoms with Crippen LogP contribution in [0.1, 0.15) is 20.8 Å². The summed E-state index contributed by atoms with van der Waals surface area (Å²) in [5.41, 5.74) is 1.95. The SMILES string of the molecule is C=CN=C1C=CN=C/C1=C/C.CC. The fourth-order valence-corrected chi connectivity index (χ4v) is 0.838. The Bertz CT molecular complexity index is 268. The van der Waals surface area contributed by atoms with Gasteiger partial charge in [-0.15, -0.1) is 0 Å². The molecule has 0 unspecified atom stereocenters. The number of nitrogens with zero attached hydrogens (tertiary/aromatic N) is 2. The monoisotopic (exact) mass is 176 g/mol. The van der Waals surface area contributed by atoms with Crippen LogP contribution >= 0.6 is 0 Å². The summed E-state index contributed by atoms with van der Waals surface area (Å²) < 4.78 is 0. The summed E-state index contributed by atoms with van der Waals surface area (Å²) in [6.07, 6.45) is 8.85. The molecule has 70 valence electrons. The first-order chi connectivity index (χ1) is 6.38. The molecule has 1 aliphatic rings. The molecule has 0 spiro atoms. The minimum Gasteiger partial charge on any atom is -0.264 e. The molecule has 13 heavy (non-hydrogen) atoms. The Kier molecular flexibility index (Phi) is 6.42. The van der Waals surface area contributed by atoms with Crippen LogP contribution in [0.3, 0.4) is 0 Å². The van der Waals surface area contributed by atoms with Gasteiger partial charge in [0, 0.05) is 24.2 Å². The first-order valence-electron chi connectivity index (χ1n) is 4.43. The second-order valence-corrected chi connectivity index (χ2v) is 2.03. The highest BCUT2D eigenvalue weighted by molar-refractivity contribution is 6.22. The zero-order valence-corrected chi connectivity index (χ0v) is 8.49. The van der Waals surface area contributed by atoms with E-state index in [1.165, 1.54) is 6.20 Å². The highest BCUT2D eigenvalue weighted by Crippen LogP contribution is 2.03. The van der Waals surface area contributed by atoms with Gasteiger partial charge in [0.2, 0.25) is 0 Å². The van der Waals surface area contributed by atoms with Crippen LogP contribution < -0.4 is 0 Å². The van der Waals surface area contributed by atoms with Crippen LogP contribution in [-0.2, 0) is 0 Å². The average Bonchev–Trinajstić information content (AvgIpc) is 2.22. The van der Waals surface area contributed by atoms with Gasteiger partial charge < -0.3 is 0 Å². The maximum Gasteiger partial charge on any atom is 0.0729 e. The predicted molar refractivity (Wildman–Crippen MR) is 60.4 cm³/mol. The van der Waals surface area contributed by atoms with E-state index in [4.69, 9.17) is 0 Å². The summed E-state index contributed by atoms with van der Waals surface area (Å²) in [5.74, 6) is 0. The van der Waals surface area contributed by atoms with Gasteiger partial charge >= 0.3 is 0 Å². The molecule has 0 aromatic carbocycles. The second kappa shape index (κ2) is 7.22. The molecule has 0 aromatic rings. The van der Waals surface area contributed by atoms with Crippen LogP contribution in [0.25, 0.3) is 0 Å². The van der Waals surface area contributed by atoms with Crippen LogP contribution in [0.2, 0.25) is 0 Å². The summed E-state index contributed by atoms with van der Waals surface area (Å²) in [4.78, 5) is 8.04. The van der Waals surface area contributed by atoms with Crippen LogP contribution in [0.5, 0.6) is 0 Å². The van der Waals surface area contributed by atoms with Crippen molar-refractivity contribution in [2.45, 2.75) is 20.8 Å². The molecule has 1 heterocycles. The molecular formula is C11H16N2. The lowest BCUT2D eigenvalue weighted by Gasteiger charge is -2.02. The highest BCUT2D eigenvalue weighted by atomic mass is 14.7. The van der Waals surface area contributed by atoms with Gasteiger partial charge in [0.25, 0.3) is 0 Å². The third-order valence-corrected chi connectivity index (χ3v) is 1.37. The molecule has 0 aromatic heterocycles. The Labute approximate surface area is 80.1 Å². The lowest BCUT2D eigenvalue weighted by Crippen LogP contribution is -2.02. The number of rotatable bonds is 1. The third-order valence-electron chi connectivity index (χ3n) is 1.37. The van der Waals surface area contributed by atoms with Gasteiger partial charge in [0.05, 0.1) is 5.71 Å². The van der Waals surface area contributed by atoms with Gasteiger partial charge in [-0.05, 0) is 13.0 Å². The molecule has 0 amide bonds. The third kappa shape index (κ3) is 3.65. The van der Waals surface area contributed by atoms with E-state index in [1.54, 1.807) is 12.4 Å². The van der Waals surface area contributed by atoms with Gasteiger partial charge in [0.15, 0.2) is 0 Å². The van der Waals surface area contributed by atoms with Crippen molar-refractivity contribution in [1.82, 2.24) is 0 Å². The van der Waals surface area contributed by atoms with Crippen molar-refractivity contribution in [1.29, 1.82) is 0 Å². The minimum atomic E-state index is 0.914. The molecule has 2 heteroatoms. The van der Waals surface area contributed by atoms with Gasteiger partial charge in [0.1, 0.15) is 0 Å². The summed E-state index contributed by atoms with van der Waals surface area (Å²) in [5, 5.41) is 0. The van der Waals surface area contributed by atoms with Gasteiger partial charge in [-0.1, -0.05) is 26.5 Å². The number of aliphatic imine (C=N–C) groups is 2. The van der Waals surface area contributed by atoms with Crippen LogP contribution in [-0.4, -0.2) is 11.9 Å². The molecule has 2 nitrogen and oxygen atoms in total. The lowest BCUT2D eigenvalue weighted by molar-refractivity contribution is 1.50. The summed E-state index contributed by atoms with van der Waals surface area (Å²) in [6.45, 7) is 9.49. The largest absolute Gasteiger partial charge is 0.264 e. The van der Waals surface area contributed by atoms with Crippen LogP contribution in [0.15, 0.2) is 46.7 Å². The van der Waals surface area contributed by atoms with Gasteiger partial charge in [-0.2, -0.15) is 0 Å². The lowest BCUT2D eigenvalue weighted by atomic mass is 10.1. The molecule has 1 rings (SSSR count). The Hall–Kier alpha value is -1.44. The second-order valence-electron chi connectivity index (χ2n) is 2.03. The quantitative estimate of drug-likeness (QED) is 0.586. The van der Waals surface area contributed by atoms with Gasteiger partial charge in [-0.3, -0.25) is 9.98 Å². The molecule has 0 N–H and O–H groups in total. The number of hydrogen-bond acceptors (Lipinski definition) is 2. The normalized spacial score (nSPS) is 19.9. The fraction of sp³-hybridized carbons (Fsp3) is 0.273. The summed E-state index contributed by atoms with van der Waals surface area (Å²) >= 11 is 0. The van der Waals surface area contributed by atoms with E-state index in [2.05, 4.69) is 16.6 Å². The van der Waals surface area contributed by atoms with Crippen LogP contribution in [0.4, 0.5) is 0 Å². The zero-order chi connectivity index (χ0) is 10.1. The van der Waals surface area contributed by atoms with E-state index < -0.39 is 0 Å². The first kappa shape index (κ1) is 11.6. The molecule has 0 saturated carbocycles. The maximum atomic E-state index is 4.07. The van der Waals surface area contributed by atoms with E-state index in [-0.39, 0.29) is 0 Å². The first-order valence-corrected chi connectivity index (χ1v) is 4.43. The van der Waals surface area contributed by atoms with Crippen molar-refractivity contribution in [2.24, 2.45) is 9.98 Å². The standard InChI is InChI=1S/C9H10N2.C2H6/c1-3-8-7-10-6-5-9(8)11-4-2;1-2/h3-7H,2H2,1H3;1-2H3/b8-3-,11-9?;. The summed E-state index contributed by atoms with van der Waals surface area (Å²) in [7, 11) is 0. The fourth-order valence-electron chi connectivity index (χ4n) is 0.838. The molecule has 0 radical (unpaired) electrons. The topological polar surface area (TPSA) is 24.7 Å².